The van der Waals surface area contributed by atoms with Crippen LogP contribution >= 0.6 is 0 Å². The van der Waals surface area contributed by atoms with E-state index in [0.717, 1.165) is 6.42 Å². The molecule has 33 heavy (non-hydrogen) atoms. The summed E-state index contributed by atoms with van der Waals surface area (Å²) in [7, 11) is 0. The van der Waals surface area contributed by atoms with E-state index in [-0.39, 0.29) is 0 Å². The van der Waals surface area contributed by atoms with Crippen molar-refractivity contribution in [3.63, 3.8) is 0 Å². The Kier molecular flexibility index (Phi) is 28.1. The van der Waals surface area contributed by atoms with Crippen molar-refractivity contribution in [2.75, 3.05) is 0 Å². The first-order chi connectivity index (χ1) is 16.3. The molecule has 2 nitrogen and oxygen atoms in total. The van der Waals surface area contributed by atoms with Crippen molar-refractivity contribution < 1.29 is 9.90 Å². The first-order valence-electron chi connectivity index (χ1n) is 14.8. The minimum Gasteiger partial charge on any atom is -0.478 e. The average Bonchev–Trinajstić information content (AvgIpc) is 2.80. The van der Waals surface area contributed by atoms with E-state index >= 15 is 0 Å². The van der Waals surface area contributed by atoms with Crippen LogP contribution in [0.4, 0.5) is 0 Å². The number of unbranched alkanes of at least 4 members (excludes halogenated alkanes) is 24. The summed E-state index contributed by atoms with van der Waals surface area (Å²) in [6, 6.07) is 0. The van der Waals surface area contributed by atoms with Crippen LogP contribution in [0, 0.1) is 0 Å². The van der Waals surface area contributed by atoms with E-state index in [9.17, 15) is 4.79 Å². The predicted molar refractivity (Wildman–Crippen MR) is 147 cm³/mol. The molecule has 0 heterocycles. The van der Waals surface area contributed by atoms with Crippen LogP contribution < -0.4 is 0 Å². The molecule has 0 aromatic carbocycles. The van der Waals surface area contributed by atoms with Gasteiger partial charge in [-0.25, -0.2) is 4.79 Å². The quantitative estimate of drug-likeness (QED) is 0.0748. The lowest BCUT2D eigenvalue weighted by atomic mass is 10.0. The molecule has 0 aliphatic rings. The van der Waals surface area contributed by atoms with Crippen LogP contribution in [0.3, 0.4) is 0 Å². The van der Waals surface area contributed by atoms with Gasteiger partial charge in [0.05, 0.1) is 0 Å². The van der Waals surface area contributed by atoms with Gasteiger partial charge in [0.25, 0.3) is 0 Å². The molecule has 0 saturated heterocycles. The highest BCUT2D eigenvalue weighted by Crippen LogP contribution is 2.15. The highest BCUT2D eigenvalue weighted by atomic mass is 16.4. The number of hydrogen-bond acceptors (Lipinski definition) is 1. The molecule has 0 atom stereocenters. The molecule has 0 unspecified atom stereocenters. The van der Waals surface area contributed by atoms with Crippen molar-refractivity contribution in [3.8, 4) is 0 Å². The molecule has 0 aliphatic heterocycles. The van der Waals surface area contributed by atoms with Crippen LogP contribution in [0.15, 0.2) is 24.3 Å². The monoisotopic (exact) mass is 462 g/mol. The SMILES string of the molecule is CCCCCCCCCCCCCCCCCCCCCCCCCCC=CC=CC(=O)O. The third-order valence-corrected chi connectivity index (χ3v) is 6.71. The molecular formula is C31H58O2. The fraction of sp³-hybridized carbons (Fsp3) is 0.839. The molecule has 0 aromatic rings. The fourth-order valence-electron chi connectivity index (χ4n) is 4.54. The molecular weight excluding hydrogens is 404 g/mol. The van der Waals surface area contributed by atoms with Crippen molar-refractivity contribution >= 4 is 5.97 Å². The lowest BCUT2D eigenvalue weighted by molar-refractivity contribution is -0.131. The van der Waals surface area contributed by atoms with Gasteiger partial charge in [-0.2, -0.15) is 0 Å². The molecule has 0 aromatic heterocycles. The minimum atomic E-state index is -0.880. The van der Waals surface area contributed by atoms with Crippen LogP contribution in [0.5, 0.6) is 0 Å². The molecule has 0 aliphatic carbocycles. The Bertz CT molecular complexity index is 438. The zero-order chi connectivity index (χ0) is 24.1. The molecule has 0 radical (unpaired) electrons. The van der Waals surface area contributed by atoms with Crippen LogP contribution in [0.25, 0.3) is 0 Å². The summed E-state index contributed by atoms with van der Waals surface area (Å²) in [4.78, 5) is 10.3. The number of carboxylic acid groups (broad SMARTS) is 1. The van der Waals surface area contributed by atoms with Crippen molar-refractivity contribution in [1.82, 2.24) is 0 Å². The summed E-state index contributed by atoms with van der Waals surface area (Å²) in [5, 5.41) is 8.49. The van der Waals surface area contributed by atoms with E-state index in [1.807, 2.05) is 6.08 Å². The number of carbonyl (C=O) groups is 1. The Morgan fingerprint density at radius 3 is 1.09 bits per heavy atom. The third-order valence-electron chi connectivity index (χ3n) is 6.71. The highest BCUT2D eigenvalue weighted by Gasteiger charge is 1.96. The van der Waals surface area contributed by atoms with E-state index in [0.29, 0.717) is 0 Å². The van der Waals surface area contributed by atoms with E-state index in [1.54, 1.807) is 6.08 Å². The van der Waals surface area contributed by atoms with Crippen molar-refractivity contribution in [1.29, 1.82) is 0 Å². The number of carboxylic acids is 1. The maximum Gasteiger partial charge on any atom is 0.328 e. The molecule has 194 valence electrons. The Hall–Kier alpha value is -1.05. The summed E-state index contributed by atoms with van der Waals surface area (Å²) >= 11 is 0. The lowest BCUT2D eigenvalue weighted by Crippen LogP contribution is -1.84. The van der Waals surface area contributed by atoms with Gasteiger partial charge in [-0.15, -0.1) is 0 Å². The largest absolute Gasteiger partial charge is 0.478 e. The van der Waals surface area contributed by atoms with Gasteiger partial charge < -0.3 is 5.11 Å². The fourth-order valence-corrected chi connectivity index (χ4v) is 4.54. The second kappa shape index (κ2) is 29.0. The van der Waals surface area contributed by atoms with Crippen molar-refractivity contribution in [3.05, 3.63) is 24.3 Å². The normalized spacial score (nSPS) is 11.8. The summed E-state index contributed by atoms with van der Waals surface area (Å²) in [6.07, 6.45) is 41.9. The maximum atomic E-state index is 10.3. The summed E-state index contributed by atoms with van der Waals surface area (Å²) in [5.41, 5.74) is 0. The van der Waals surface area contributed by atoms with E-state index in [1.165, 1.54) is 160 Å². The minimum absolute atomic E-state index is 0.880. The number of rotatable bonds is 27. The molecule has 0 saturated carbocycles. The summed E-state index contributed by atoms with van der Waals surface area (Å²) in [5.74, 6) is -0.880. The Morgan fingerprint density at radius 1 is 0.485 bits per heavy atom. The van der Waals surface area contributed by atoms with Crippen molar-refractivity contribution in [2.45, 2.75) is 167 Å². The Labute approximate surface area is 207 Å². The second-order valence-corrected chi connectivity index (χ2v) is 10.0. The molecule has 1 N–H and O–H groups in total. The second-order valence-electron chi connectivity index (χ2n) is 10.0. The number of aliphatic carboxylic acids is 1. The van der Waals surface area contributed by atoms with E-state index < -0.39 is 5.97 Å². The first-order valence-corrected chi connectivity index (χ1v) is 14.8. The van der Waals surface area contributed by atoms with Crippen LogP contribution in [-0.4, -0.2) is 11.1 Å². The van der Waals surface area contributed by atoms with Gasteiger partial charge in [0.1, 0.15) is 0 Å². The number of hydrogen-bond donors (Lipinski definition) is 1. The highest BCUT2D eigenvalue weighted by molar-refractivity contribution is 5.80. The van der Waals surface area contributed by atoms with Gasteiger partial charge in [-0.3, -0.25) is 0 Å². The molecule has 2 heteroatoms. The van der Waals surface area contributed by atoms with Gasteiger partial charge in [0.2, 0.25) is 0 Å². The lowest BCUT2D eigenvalue weighted by Gasteiger charge is -2.04. The topological polar surface area (TPSA) is 37.3 Å². The predicted octanol–water partition coefficient (Wildman–Crippen LogP) is 11.0. The van der Waals surface area contributed by atoms with E-state index in [4.69, 9.17) is 5.11 Å². The smallest absolute Gasteiger partial charge is 0.328 e. The Morgan fingerprint density at radius 2 is 0.788 bits per heavy atom. The molecule has 0 bridgehead atoms. The molecule has 0 amide bonds. The molecule has 0 fully saturated rings. The van der Waals surface area contributed by atoms with Gasteiger partial charge in [-0.1, -0.05) is 173 Å². The maximum absolute atomic E-state index is 10.3. The molecule has 0 spiro atoms. The van der Waals surface area contributed by atoms with Crippen molar-refractivity contribution in [2.24, 2.45) is 0 Å². The summed E-state index contributed by atoms with van der Waals surface area (Å²) < 4.78 is 0. The van der Waals surface area contributed by atoms with E-state index in [2.05, 4.69) is 13.0 Å². The third kappa shape index (κ3) is 30.9. The first kappa shape index (κ1) is 31.9. The Balaban J connectivity index is 3.07. The van der Waals surface area contributed by atoms with Gasteiger partial charge in [0, 0.05) is 6.08 Å². The zero-order valence-corrected chi connectivity index (χ0v) is 22.3. The van der Waals surface area contributed by atoms with Gasteiger partial charge in [0.15, 0.2) is 0 Å². The van der Waals surface area contributed by atoms with Crippen LogP contribution in [0.1, 0.15) is 167 Å². The average molecular weight is 463 g/mol. The standard InChI is InChI=1S/C31H58O2/c1-2-3-4-5-6-7-8-9-10-11-12-13-14-15-16-17-18-19-20-21-22-23-24-25-26-27-28-29-30-31(32)33/h27-30H,2-26H2,1H3,(H,32,33). The molecule has 0 rings (SSSR count). The number of allylic oxidation sites excluding steroid dienone is 3. The van der Waals surface area contributed by atoms with Crippen LogP contribution in [-0.2, 0) is 4.79 Å². The van der Waals surface area contributed by atoms with Crippen LogP contribution in [0.2, 0.25) is 0 Å². The van der Waals surface area contributed by atoms with Gasteiger partial charge >= 0.3 is 5.97 Å². The summed E-state index contributed by atoms with van der Waals surface area (Å²) in [6.45, 7) is 2.30. The zero-order valence-electron chi connectivity index (χ0n) is 22.3. The van der Waals surface area contributed by atoms with Gasteiger partial charge in [-0.05, 0) is 12.8 Å².